The van der Waals surface area contributed by atoms with Crippen molar-refractivity contribution < 1.29 is 24.3 Å². The molecule has 23 heavy (non-hydrogen) atoms. The molecular weight excluding hydrogens is 302 g/mol. The molecule has 2 rings (SSSR count). The van der Waals surface area contributed by atoms with Gasteiger partial charge in [0.25, 0.3) is 0 Å². The second-order valence-corrected chi connectivity index (χ2v) is 5.24. The highest BCUT2D eigenvalue weighted by atomic mass is 16.4. The van der Waals surface area contributed by atoms with Crippen molar-refractivity contribution in [2.24, 2.45) is 0 Å². The monoisotopic (exact) mass is 319 g/mol. The molecule has 1 fully saturated rings. The fourth-order valence-corrected chi connectivity index (χ4v) is 2.27. The van der Waals surface area contributed by atoms with Crippen LogP contribution in [-0.2, 0) is 9.59 Å². The van der Waals surface area contributed by atoms with E-state index in [1.165, 1.54) is 6.92 Å². The number of hydrogen-bond donors (Lipinski definition) is 2. The van der Waals surface area contributed by atoms with Crippen molar-refractivity contribution in [3.05, 3.63) is 35.4 Å². The average molecular weight is 319 g/mol. The molecule has 0 bridgehead atoms. The molecule has 1 atom stereocenters. The Morgan fingerprint density at radius 2 is 1.70 bits per heavy atom. The molecule has 0 radical (unpaired) electrons. The normalized spacial score (nSPS) is 15.5. The maximum Gasteiger partial charge on any atom is 0.334 e. The fraction of sp³-hybridized carbons (Fsp3) is 0.333. The average Bonchev–Trinajstić information content (AvgIpc) is 2.87. The lowest BCUT2D eigenvalue weighted by Crippen LogP contribution is -2.46. The number of urea groups is 2. The van der Waals surface area contributed by atoms with Gasteiger partial charge in [-0.25, -0.2) is 19.3 Å². The Morgan fingerprint density at radius 3 is 2.17 bits per heavy atom. The topological polar surface area (TPSA) is 107 Å². The zero-order valence-electron chi connectivity index (χ0n) is 12.8. The van der Waals surface area contributed by atoms with Crippen LogP contribution in [0.15, 0.2) is 24.3 Å². The van der Waals surface area contributed by atoms with Crippen LogP contribution in [0.4, 0.5) is 9.59 Å². The molecule has 8 heteroatoms. The van der Waals surface area contributed by atoms with Crippen LogP contribution in [0, 0.1) is 6.92 Å². The predicted molar refractivity (Wildman–Crippen MR) is 79.6 cm³/mol. The zero-order chi connectivity index (χ0) is 17.1. The summed E-state index contributed by atoms with van der Waals surface area (Å²) in [6.07, 6.45) is 0. The number of amides is 5. The lowest BCUT2D eigenvalue weighted by Gasteiger charge is -2.20. The van der Waals surface area contributed by atoms with E-state index < -0.39 is 30.0 Å². The summed E-state index contributed by atoms with van der Waals surface area (Å²) in [5, 5.41) is 11.6. The highest BCUT2D eigenvalue weighted by molar-refractivity contribution is 6.03. The van der Waals surface area contributed by atoms with Gasteiger partial charge in [-0.15, -0.1) is 0 Å². The smallest absolute Gasteiger partial charge is 0.334 e. The fourth-order valence-electron chi connectivity index (χ4n) is 2.27. The summed E-state index contributed by atoms with van der Waals surface area (Å²) in [5.41, 5.74) is 1.35. The predicted octanol–water partition coefficient (Wildman–Crippen LogP) is 1.11. The van der Waals surface area contributed by atoms with Crippen molar-refractivity contribution in [1.82, 2.24) is 15.1 Å². The molecule has 2 N–H and O–H groups in total. The molecule has 5 amide bonds. The van der Waals surface area contributed by atoms with E-state index in [-0.39, 0.29) is 13.1 Å². The third-order valence-electron chi connectivity index (χ3n) is 3.56. The number of nitrogens with one attached hydrogen (secondary N) is 1. The SMILES string of the molecule is CC(=O)N1CCN(C(=O)NC(C(=O)O)c2ccc(C)cc2)C1=O. The molecule has 0 spiro atoms. The molecule has 1 aromatic rings. The van der Waals surface area contributed by atoms with Gasteiger partial charge in [-0.3, -0.25) is 9.69 Å². The lowest BCUT2D eigenvalue weighted by molar-refractivity contribution is -0.139. The number of aliphatic carboxylic acids is 1. The Bertz CT molecular complexity index is 656. The van der Waals surface area contributed by atoms with Gasteiger partial charge >= 0.3 is 18.0 Å². The van der Waals surface area contributed by atoms with Gasteiger partial charge in [-0.05, 0) is 12.5 Å². The van der Waals surface area contributed by atoms with Crippen LogP contribution < -0.4 is 5.32 Å². The first-order chi connectivity index (χ1) is 10.8. The van der Waals surface area contributed by atoms with Crippen molar-refractivity contribution in [3.8, 4) is 0 Å². The van der Waals surface area contributed by atoms with Crippen LogP contribution in [0.5, 0.6) is 0 Å². The van der Waals surface area contributed by atoms with Crippen LogP contribution in [0.25, 0.3) is 0 Å². The minimum absolute atomic E-state index is 0.0322. The van der Waals surface area contributed by atoms with Crippen molar-refractivity contribution >= 4 is 23.9 Å². The number of carboxylic acids is 1. The summed E-state index contributed by atoms with van der Waals surface area (Å²) in [6.45, 7) is 3.22. The lowest BCUT2D eigenvalue weighted by atomic mass is 10.1. The largest absolute Gasteiger partial charge is 0.479 e. The molecule has 1 unspecified atom stereocenters. The summed E-state index contributed by atoms with van der Waals surface area (Å²) < 4.78 is 0. The molecule has 122 valence electrons. The van der Waals surface area contributed by atoms with E-state index in [1.807, 2.05) is 6.92 Å². The number of hydrogen-bond acceptors (Lipinski definition) is 4. The first-order valence-corrected chi connectivity index (χ1v) is 7.00. The number of carbonyl (C=O) groups excluding carboxylic acids is 3. The molecule has 0 saturated carbocycles. The maximum atomic E-state index is 12.2. The Hall–Kier alpha value is -2.90. The Kier molecular flexibility index (Phi) is 4.63. The highest BCUT2D eigenvalue weighted by Crippen LogP contribution is 2.16. The van der Waals surface area contributed by atoms with Gasteiger partial charge in [0.1, 0.15) is 0 Å². The standard InChI is InChI=1S/C15H17N3O5/c1-9-3-5-11(6-4-9)12(13(20)21)16-14(22)18-8-7-17(10(2)19)15(18)23/h3-6,12H,7-8H2,1-2H3,(H,16,22)(H,20,21). The van der Waals surface area contributed by atoms with Crippen molar-refractivity contribution in [1.29, 1.82) is 0 Å². The number of aryl methyl sites for hydroxylation is 1. The van der Waals surface area contributed by atoms with Crippen molar-refractivity contribution in [2.45, 2.75) is 19.9 Å². The number of nitrogens with zero attached hydrogens (tertiary/aromatic N) is 2. The van der Waals surface area contributed by atoms with Gasteiger partial charge in [0.15, 0.2) is 6.04 Å². The molecule has 1 aliphatic rings. The maximum absolute atomic E-state index is 12.2. The van der Waals surface area contributed by atoms with E-state index in [4.69, 9.17) is 0 Å². The summed E-state index contributed by atoms with van der Waals surface area (Å²) >= 11 is 0. The molecule has 1 heterocycles. The van der Waals surface area contributed by atoms with Gasteiger partial charge in [0.2, 0.25) is 5.91 Å². The van der Waals surface area contributed by atoms with Crippen molar-refractivity contribution in [2.75, 3.05) is 13.1 Å². The third kappa shape index (κ3) is 3.47. The number of rotatable bonds is 3. The molecule has 1 aromatic carbocycles. The van der Waals surface area contributed by atoms with Gasteiger partial charge in [-0.1, -0.05) is 29.8 Å². The number of carboxylic acid groups (broad SMARTS) is 1. The first kappa shape index (κ1) is 16.5. The minimum atomic E-state index is -1.28. The molecule has 1 saturated heterocycles. The summed E-state index contributed by atoms with van der Waals surface area (Å²) in [6, 6.07) is 3.80. The van der Waals surface area contributed by atoms with E-state index in [0.29, 0.717) is 5.56 Å². The number of benzene rings is 1. The van der Waals surface area contributed by atoms with E-state index >= 15 is 0 Å². The summed E-state index contributed by atoms with van der Waals surface area (Å²) in [5.74, 6) is -1.70. The molecule has 0 aromatic heterocycles. The van der Waals surface area contributed by atoms with Crippen LogP contribution >= 0.6 is 0 Å². The van der Waals surface area contributed by atoms with Gasteiger partial charge < -0.3 is 10.4 Å². The van der Waals surface area contributed by atoms with Crippen LogP contribution in [0.1, 0.15) is 24.1 Å². The second kappa shape index (κ2) is 6.47. The summed E-state index contributed by atoms with van der Waals surface area (Å²) in [4.78, 5) is 48.5. The van der Waals surface area contributed by atoms with E-state index in [0.717, 1.165) is 15.4 Å². The van der Waals surface area contributed by atoms with Crippen LogP contribution in [0.2, 0.25) is 0 Å². The second-order valence-electron chi connectivity index (χ2n) is 5.24. The molecule has 8 nitrogen and oxygen atoms in total. The van der Waals surface area contributed by atoms with Crippen LogP contribution in [0.3, 0.4) is 0 Å². The Morgan fingerprint density at radius 1 is 1.13 bits per heavy atom. The molecule has 1 aliphatic heterocycles. The van der Waals surface area contributed by atoms with E-state index in [9.17, 15) is 24.3 Å². The highest BCUT2D eigenvalue weighted by Gasteiger charge is 2.37. The van der Waals surface area contributed by atoms with E-state index in [2.05, 4.69) is 5.32 Å². The van der Waals surface area contributed by atoms with Crippen LogP contribution in [-0.4, -0.2) is 51.9 Å². The quantitative estimate of drug-likeness (QED) is 0.868. The molecule has 0 aliphatic carbocycles. The van der Waals surface area contributed by atoms with E-state index in [1.54, 1.807) is 24.3 Å². The Labute approximate surface area is 132 Å². The Balaban J connectivity index is 2.13. The number of carbonyl (C=O) groups is 4. The minimum Gasteiger partial charge on any atom is -0.479 e. The van der Waals surface area contributed by atoms with Crippen molar-refractivity contribution in [3.63, 3.8) is 0 Å². The number of imide groups is 2. The first-order valence-electron chi connectivity index (χ1n) is 7.00. The molecular formula is C15H17N3O5. The zero-order valence-corrected chi connectivity index (χ0v) is 12.8. The van der Waals surface area contributed by atoms with Gasteiger partial charge in [0, 0.05) is 13.5 Å². The van der Waals surface area contributed by atoms with Gasteiger partial charge in [0.05, 0.1) is 6.54 Å². The van der Waals surface area contributed by atoms with Gasteiger partial charge in [-0.2, -0.15) is 0 Å². The third-order valence-corrected chi connectivity index (χ3v) is 3.56. The summed E-state index contributed by atoms with van der Waals surface area (Å²) in [7, 11) is 0.